The second-order valence-corrected chi connectivity index (χ2v) is 6.03. The average Bonchev–Trinajstić information content (AvgIpc) is 2.37. The molecule has 0 aromatic heterocycles. The zero-order valence-electron chi connectivity index (χ0n) is 13.5. The molecule has 0 aliphatic heterocycles. The summed E-state index contributed by atoms with van der Waals surface area (Å²) in [6.07, 6.45) is -0.388. The number of hydrogen-bond acceptors (Lipinski definition) is 4. The van der Waals surface area contributed by atoms with Crippen LogP contribution in [0.5, 0.6) is 5.75 Å². The maximum atomic E-state index is 11.6. The number of alkyl carbamates (subject to hydrolysis) is 1. The highest BCUT2D eigenvalue weighted by Crippen LogP contribution is 2.11. The third kappa shape index (κ3) is 7.56. The smallest absolute Gasteiger partial charge is 0.407 e. The minimum absolute atomic E-state index is 0.00176. The van der Waals surface area contributed by atoms with E-state index in [1.807, 2.05) is 52.0 Å². The van der Waals surface area contributed by atoms with Crippen LogP contribution >= 0.6 is 0 Å². The number of ether oxygens (including phenoxy) is 2. The van der Waals surface area contributed by atoms with Gasteiger partial charge in [-0.2, -0.15) is 0 Å². The van der Waals surface area contributed by atoms with Crippen molar-refractivity contribution in [3.8, 4) is 5.75 Å². The molecule has 0 aliphatic carbocycles. The summed E-state index contributed by atoms with van der Waals surface area (Å²) in [5, 5.41) is 6.09. The van der Waals surface area contributed by atoms with E-state index in [0.29, 0.717) is 6.54 Å². The lowest BCUT2D eigenvalue weighted by molar-refractivity contribution is 0.0508. The van der Waals surface area contributed by atoms with E-state index in [-0.39, 0.29) is 12.1 Å². The second-order valence-electron chi connectivity index (χ2n) is 6.03. The molecule has 0 fully saturated rings. The van der Waals surface area contributed by atoms with E-state index in [2.05, 4.69) is 10.6 Å². The average molecular weight is 294 g/mol. The van der Waals surface area contributed by atoms with Gasteiger partial charge in [-0.05, 0) is 45.4 Å². The zero-order chi connectivity index (χ0) is 15.9. The lowest BCUT2D eigenvalue weighted by Gasteiger charge is -2.22. The lowest BCUT2D eigenvalue weighted by Crippen LogP contribution is -2.42. The molecule has 0 unspecified atom stereocenters. The van der Waals surface area contributed by atoms with Crippen molar-refractivity contribution >= 4 is 6.09 Å². The zero-order valence-corrected chi connectivity index (χ0v) is 13.5. The number of nitrogens with one attached hydrogen (secondary N) is 2. The Hall–Kier alpha value is -1.75. The number of hydrogen-bond donors (Lipinski definition) is 2. The van der Waals surface area contributed by atoms with E-state index in [0.717, 1.165) is 12.3 Å². The van der Waals surface area contributed by atoms with Gasteiger partial charge in [0.2, 0.25) is 0 Å². The summed E-state index contributed by atoms with van der Waals surface area (Å²) in [4.78, 5) is 11.6. The number of carbonyl (C=O) groups excluding carboxylic acids is 1. The molecule has 118 valence electrons. The molecular formula is C16H26N2O3. The van der Waals surface area contributed by atoms with Gasteiger partial charge in [-0.3, -0.25) is 0 Å². The minimum atomic E-state index is -0.472. The van der Waals surface area contributed by atoms with Gasteiger partial charge in [0.25, 0.3) is 0 Å². The van der Waals surface area contributed by atoms with Gasteiger partial charge in [0.15, 0.2) is 0 Å². The van der Waals surface area contributed by atoms with Crippen LogP contribution in [-0.2, 0) is 11.3 Å². The van der Waals surface area contributed by atoms with Crippen molar-refractivity contribution in [1.82, 2.24) is 10.6 Å². The van der Waals surface area contributed by atoms with Gasteiger partial charge in [0.05, 0.1) is 7.11 Å². The third-order valence-corrected chi connectivity index (χ3v) is 2.70. The fourth-order valence-corrected chi connectivity index (χ4v) is 1.74. The Morgan fingerprint density at radius 1 is 1.24 bits per heavy atom. The molecule has 1 atom stereocenters. The van der Waals surface area contributed by atoms with Gasteiger partial charge in [-0.1, -0.05) is 12.1 Å². The fourth-order valence-electron chi connectivity index (χ4n) is 1.74. The Balaban J connectivity index is 2.26. The molecule has 1 aromatic rings. The highest BCUT2D eigenvalue weighted by molar-refractivity contribution is 5.68. The molecule has 2 N–H and O–H groups in total. The van der Waals surface area contributed by atoms with E-state index in [4.69, 9.17) is 9.47 Å². The molecule has 0 spiro atoms. The van der Waals surface area contributed by atoms with Gasteiger partial charge in [-0.15, -0.1) is 0 Å². The van der Waals surface area contributed by atoms with Gasteiger partial charge in [0.1, 0.15) is 11.4 Å². The summed E-state index contributed by atoms with van der Waals surface area (Å²) in [6.45, 7) is 8.89. The lowest BCUT2D eigenvalue weighted by atomic mass is 10.2. The second kappa shape index (κ2) is 7.88. The Morgan fingerprint density at radius 3 is 2.38 bits per heavy atom. The Labute approximate surface area is 127 Å². The predicted octanol–water partition coefficient (Wildman–Crippen LogP) is 2.70. The SMILES string of the molecule is COc1ccc(CNC[C@H](C)NC(=O)OC(C)(C)C)cc1. The molecule has 5 nitrogen and oxygen atoms in total. The molecule has 1 amide bonds. The fraction of sp³-hybridized carbons (Fsp3) is 0.562. The number of rotatable bonds is 6. The molecule has 0 saturated heterocycles. The van der Waals surface area contributed by atoms with Crippen LogP contribution in [0, 0.1) is 0 Å². The van der Waals surface area contributed by atoms with Crippen LogP contribution in [-0.4, -0.2) is 31.4 Å². The highest BCUT2D eigenvalue weighted by Gasteiger charge is 2.17. The molecule has 1 aromatic carbocycles. The topological polar surface area (TPSA) is 59.6 Å². The first-order valence-corrected chi connectivity index (χ1v) is 7.13. The first-order valence-electron chi connectivity index (χ1n) is 7.13. The quantitative estimate of drug-likeness (QED) is 0.847. The van der Waals surface area contributed by atoms with E-state index in [1.165, 1.54) is 5.56 Å². The molecule has 21 heavy (non-hydrogen) atoms. The molecule has 0 bridgehead atoms. The van der Waals surface area contributed by atoms with Crippen LogP contribution in [0.4, 0.5) is 4.79 Å². The third-order valence-electron chi connectivity index (χ3n) is 2.70. The minimum Gasteiger partial charge on any atom is -0.497 e. The van der Waals surface area contributed by atoms with Gasteiger partial charge >= 0.3 is 6.09 Å². The largest absolute Gasteiger partial charge is 0.497 e. The van der Waals surface area contributed by atoms with Crippen molar-refractivity contribution < 1.29 is 14.3 Å². The molecule has 0 saturated carbocycles. The van der Waals surface area contributed by atoms with E-state index < -0.39 is 5.60 Å². The van der Waals surface area contributed by atoms with Crippen molar-refractivity contribution in [2.45, 2.75) is 45.9 Å². The number of benzene rings is 1. The maximum absolute atomic E-state index is 11.6. The predicted molar refractivity (Wildman–Crippen MR) is 83.5 cm³/mol. The van der Waals surface area contributed by atoms with Crippen LogP contribution in [0.1, 0.15) is 33.3 Å². The van der Waals surface area contributed by atoms with Crippen LogP contribution in [0.2, 0.25) is 0 Å². The van der Waals surface area contributed by atoms with Gasteiger partial charge in [0, 0.05) is 19.1 Å². The molecule has 0 heterocycles. The van der Waals surface area contributed by atoms with Crippen molar-refractivity contribution in [3.05, 3.63) is 29.8 Å². The molecule has 0 aliphatic rings. The number of methoxy groups -OCH3 is 1. The molecule has 0 radical (unpaired) electrons. The summed E-state index contributed by atoms with van der Waals surface area (Å²) in [5.41, 5.74) is 0.695. The Morgan fingerprint density at radius 2 is 1.86 bits per heavy atom. The van der Waals surface area contributed by atoms with E-state index in [9.17, 15) is 4.79 Å². The van der Waals surface area contributed by atoms with Crippen molar-refractivity contribution in [2.75, 3.05) is 13.7 Å². The van der Waals surface area contributed by atoms with Crippen LogP contribution in [0.15, 0.2) is 24.3 Å². The van der Waals surface area contributed by atoms with Crippen LogP contribution in [0.3, 0.4) is 0 Å². The summed E-state index contributed by atoms with van der Waals surface area (Å²) < 4.78 is 10.3. The Kier molecular flexibility index (Phi) is 6.49. The van der Waals surface area contributed by atoms with E-state index >= 15 is 0 Å². The van der Waals surface area contributed by atoms with Gasteiger partial charge < -0.3 is 20.1 Å². The molecule has 5 heteroatoms. The van der Waals surface area contributed by atoms with Crippen molar-refractivity contribution in [3.63, 3.8) is 0 Å². The Bertz CT molecular complexity index is 438. The first kappa shape index (κ1) is 17.3. The molecule has 1 rings (SSSR count). The number of carbonyl (C=O) groups is 1. The number of amides is 1. The summed E-state index contributed by atoms with van der Waals surface area (Å²) in [5.74, 6) is 0.846. The summed E-state index contributed by atoms with van der Waals surface area (Å²) in [7, 11) is 1.65. The van der Waals surface area contributed by atoms with Crippen LogP contribution < -0.4 is 15.4 Å². The summed E-state index contributed by atoms with van der Waals surface area (Å²) in [6, 6.07) is 7.88. The standard InChI is InChI=1S/C16H26N2O3/c1-12(18-15(19)21-16(2,3)4)10-17-11-13-6-8-14(20-5)9-7-13/h6-9,12,17H,10-11H2,1-5H3,(H,18,19)/t12-/m0/s1. The van der Waals surface area contributed by atoms with Gasteiger partial charge in [-0.25, -0.2) is 4.79 Å². The monoisotopic (exact) mass is 294 g/mol. The maximum Gasteiger partial charge on any atom is 0.407 e. The van der Waals surface area contributed by atoms with Crippen molar-refractivity contribution in [2.24, 2.45) is 0 Å². The molecular weight excluding hydrogens is 268 g/mol. The van der Waals surface area contributed by atoms with E-state index in [1.54, 1.807) is 7.11 Å². The summed E-state index contributed by atoms with van der Waals surface area (Å²) >= 11 is 0. The van der Waals surface area contributed by atoms with Crippen molar-refractivity contribution in [1.29, 1.82) is 0 Å². The highest BCUT2D eigenvalue weighted by atomic mass is 16.6. The normalized spacial score (nSPS) is 12.6. The van der Waals surface area contributed by atoms with Crippen LogP contribution in [0.25, 0.3) is 0 Å². The first-order chi connectivity index (χ1) is 9.80.